The Kier molecular flexibility index (Phi) is 7.41. The predicted molar refractivity (Wildman–Crippen MR) is 80.1 cm³/mol. The van der Waals surface area contributed by atoms with Crippen molar-refractivity contribution in [1.82, 2.24) is 20.1 Å². The zero-order chi connectivity index (χ0) is 14.1. The highest BCUT2D eigenvalue weighted by molar-refractivity contribution is 5.06. The van der Waals surface area contributed by atoms with Gasteiger partial charge in [0.25, 0.3) is 0 Å². The van der Waals surface area contributed by atoms with Gasteiger partial charge >= 0.3 is 0 Å². The minimum atomic E-state index is 0.720. The average molecular weight is 264 g/mol. The monoisotopic (exact) mass is 264 g/mol. The Bertz CT molecular complexity index is 379. The number of allylic oxidation sites excluding steroid dienone is 1. The third-order valence-electron chi connectivity index (χ3n) is 2.93. The Hall–Kier alpha value is -1.16. The second-order valence-corrected chi connectivity index (χ2v) is 5.51. The van der Waals surface area contributed by atoms with Gasteiger partial charge in [-0.1, -0.05) is 32.4 Å². The number of aryl methyl sites for hydroxylation is 1. The molecule has 0 bridgehead atoms. The lowest BCUT2D eigenvalue weighted by Crippen LogP contribution is -2.20. The molecule has 0 fully saturated rings. The van der Waals surface area contributed by atoms with Crippen LogP contribution in [0.5, 0.6) is 0 Å². The number of rotatable bonds is 9. The van der Waals surface area contributed by atoms with E-state index in [4.69, 9.17) is 0 Å². The van der Waals surface area contributed by atoms with E-state index in [1.807, 2.05) is 4.68 Å². The predicted octanol–water partition coefficient (Wildman–Crippen LogP) is 2.81. The number of hydrogen-bond donors (Lipinski definition) is 1. The molecule has 0 atom stereocenters. The minimum absolute atomic E-state index is 0.720. The molecule has 1 heterocycles. The Morgan fingerprint density at radius 3 is 2.95 bits per heavy atom. The summed E-state index contributed by atoms with van der Waals surface area (Å²) in [6, 6.07) is 0. The van der Waals surface area contributed by atoms with Crippen LogP contribution in [0.4, 0.5) is 0 Å². The summed E-state index contributed by atoms with van der Waals surface area (Å²) >= 11 is 0. The molecular weight excluding hydrogens is 236 g/mol. The standard InChI is InChI=1S/C15H28N4/c1-5-9-19-15(17-12-18-19)10-14(4)7-6-8-16-11-13(2)3/h7,12-13,16H,5-6,8-11H2,1-4H3. The molecule has 19 heavy (non-hydrogen) atoms. The summed E-state index contributed by atoms with van der Waals surface area (Å²) in [7, 11) is 0. The summed E-state index contributed by atoms with van der Waals surface area (Å²) in [5, 5.41) is 7.71. The molecule has 0 aliphatic heterocycles. The summed E-state index contributed by atoms with van der Waals surface area (Å²) in [6.45, 7) is 11.9. The molecule has 0 saturated heterocycles. The van der Waals surface area contributed by atoms with Gasteiger partial charge in [0, 0.05) is 13.0 Å². The third kappa shape index (κ3) is 6.53. The van der Waals surface area contributed by atoms with Crippen molar-refractivity contribution < 1.29 is 0 Å². The summed E-state index contributed by atoms with van der Waals surface area (Å²) in [5.41, 5.74) is 1.37. The van der Waals surface area contributed by atoms with Crippen molar-refractivity contribution in [3.8, 4) is 0 Å². The van der Waals surface area contributed by atoms with Crippen molar-refractivity contribution in [3.63, 3.8) is 0 Å². The van der Waals surface area contributed by atoms with Gasteiger partial charge in [-0.05, 0) is 38.8 Å². The zero-order valence-electron chi connectivity index (χ0n) is 12.8. The minimum Gasteiger partial charge on any atom is -0.316 e. The molecule has 0 amide bonds. The lowest BCUT2D eigenvalue weighted by molar-refractivity contribution is 0.556. The van der Waals surface area contributed by atoms with Crippen LogP contribution in [0.1, 0.15) is 46.4 Å². The topological polar surface area (TPSA) is 42.7 Å². The van der Waals surface area contributed by atoms with E-state index in [9.17, 15) is 0 Å². The van der Waals surface area contributed by atoms with E-state index >= 15 is 0 Å². The molecule has 1 rings (SSSR count). The first-order valence-electron chi connectivity index (χ1n) is 7.36. The van der Waals surface area contributed by atoms with E-state index in [-0.39, 0.29) is 0 Å². The van der Waals surface area contributed by atoms with Gasteiger partial charge < -0.3 is 5.32 Å². The lowest BCUT2D eigenvalue weighted by Gasteiger charge is -2.07. The summed E-state index contributed by atoms with van der Waals surface area (Å²) in [6.07, 6.45) is 7.05. The van der Waals surface area contributed by atoms with Gasteiger partial charge in [0.1, 0.15) is 12.2 Å². The van der Waals surface area contributed by atoms with Gasteiger partial charge in [0.15, 0.2) is 0 Å². The third-order valence-corrected chi connectivity index (χ3v) is 2.93. The van der Waals surface area contributed by atoms with Gasteiger partial charge in [-0.2, -0.15) is 5.10 Å². The summed E-state index contributed by atoms with van der Waals surface area (Å²) in [4.78, 5) is 4.34. The van der Waals surface area contributed by atoms with Crippen LogP contribution in [0.15, 0.2) is 18.0 Å². The lowest BCUT2D eigenvalue weighted by atomic mass is 10.1. The SMILES string of the molecule is CCCn1ncnc1CC(C)=CCCNCC(C)C. The maximum absolute atomic E-state index is 4.34. The largest absolute Gasteiger partial charge is 0.316 e. The highest BCUT2D eigenvalue weighted by atomic mass is 15.3. The first-order chi connectivity index (χ1) is 9.13. The smallest absolute Gasteiger partial charge is 0.138 e. The first kappa shape index (κ1) is 15.9. The fourth-order valence-electron chi connectivity index (χ4n) is 1.96. The molecular formula is C15H28N4. The van der Waals surface area contributed by atoms with Crippen molar-refractivity contribution >= 4 is 0 Å². The van der Waals surface area contributed by atoms with E-state index in [0.717, 1.165) is 50.6 Å². The fourth-order valence-corrected chi connectivity index (χ4v) is 1.96. The van der Waals surface area contributed by atoms with Crippen molar-refractivity contribution in [2.45, 2.75) is 53.5 Å². The molecule has 0 saturated carbocycles. The normalized spacial score (nSPS) is 12.4. The zero-order valence-corrected chi connectivity index (χ0v) is 12.8. The van der Waals surface area contributed by atoms with Crippen molar-refractivity contribution in [2.75, 3.05) is 13.1 Å². The number of nitrogens with zero attached hydrogens (tertiary/aromatic N) is 3. The van der Waals surface area contributed by atoms with E-state index in [2.05, 4.69) is 49.2 Å². The molecule has 1 N–H and O–H groups in total. The quantitative estimate of drug-likeness (QED) is 0.551. The molecule has 0 aliphatic rings. The molecule has 0 spiro atoms. The average Bonchev–Trinajstić information content (AvgIpc) is 2.76. The molecule has 108 valence electrons. The highest BCUT2D eigenvalue weighted by Crippen LogP contribution is 2.06. The van der Waals surface area contributed by atoms with Crippen LogP contribution in [0, 0.1) is 5.92 Å². The Morgan fingerprint density at radius 1 is 1.47 bits per heavy atom. The Morgan fingerprint density at radius 2 is 2.26 bits per heavy atom. The van der Waals surface area contributed by atoms with Gasteiger partial charge in [-0.25, -0.2) is 9.67 Å². The second-order valence-electron chi connectivity index (χ2n) is 5.51. The van der Waals surface area contributed by atoms with Crippen LogP contribution in [-0.4, -0.2) is 27.9 Å². The molecule has 0 radical (unpaired) electrons. The van der Waals surface area contributed by atoms with Crippen LogP contribution in [-0.2, 0) is 13.0 Å². The molecule has 4 nitrogen and oxygen atoms in total. The van der Waals surface area contributed by atoms with Crippen LogP contribution in [0.3, 0.4) is 0 Å². The highest BCUT2D eigenvalue weighted by Gasteiger charge is 2.03. The van der Waals surface area contributed by atoms with E-state index in [0.29, 0.717) is 0 Å². The molecule has 1 aromatic rings. The van der Waals surface area contributed by atoms with Crippen LogP contribution >= 0.6 is 0 Å². The van der Waals surface area contributed by atoms with Crippen LogP contribution in [0.2, 0.25) is 0 Å². The molecule has 0 aromatic carbocycles. The van der Waals surface area contributed by atoms with Crippen molar-refractivity contribution in [2.24, 2.45) is 5.92 Å². The second kappa shape index (κ2) is 8.86. The number of nitrogens with one attached hydrogen (secondary N) is 1. The fraction of sp³-hybridized carbons (Fsp3) is 0.733. The van der Waals surface area contributed by atoms with Gasteiger partial charge in [-0.3, -0.25) is 0 Å². The van der Waals surface area contributed by atoms with E-state index < -0.39 is 0 Å². The molecule has 0 aliphatic carbocycles. The van der Waals surface area contributed by atoms with Crippen LogP contribution in [0.25, 0.3) is 0 Å². The first-order valence-corrected chi connectivity index (χ1v) is 7.36. The molecule has 4 heteroatoms. The van der Waals surface area contributed by atoms with Gasteiger partial charge in [0.05, 0.1) is 0 Å². The maximum atomic E-state index is 4.34. The summed E-state index contributed by atoms with van der Waals surface area (Å²) < 4.78 is 2.01. The summed E-state index contributed by atoms with van der Waals surface area (Å²) in [5.74, 6) is 1.79. The van der Waals surface area contributed by atoms with E-state index in [1.165, 1.54) is 5.57 Å². The van der Waals surface area contributed by atoms with E-state index in [1.54, 1.807) is 6.33 Å². The number of aromatic nitrogens is 3. The van der Waals surface area contributed by atoms with Crippen molar-refractivity contribution in [3.05, 3.63) is 23.8 Å². The molecule has 1 aromatic heterocycles. The Balaban J connectivity index is 2.32. The van der Waals surface area contributed by atoms with Gasteiger partial charge in [-0.15, -0.1) is 0 Å². The maximum Gasteiger partial charge on any atom is 0.138 e. The van der Waals surface area contributed by atoms with Crippen LogP contribution < -0.4 is 5.32 Å². The van der Waals surface area contributed by atoms with Gasteiger partial charge in [0.2, 0.25) is 0 Å². The number of hydrogen-bond acceptors (Lipinski definition) is 3. The molecule has 0 unspecified atom stereocenters. The van der Waals surface area contributed by atoms with Crippen molar-refractivity contribution in [1.29, 1.82) is 0 Å². The Labute approximate surface area is 117 Å².